The van der Waals surface area contributed by atoms with Gasteiger partial charge in [0.25, 0.3) is 0 Å². The summed E-state index contributed by atoms with van der Waals surface area (Å²) in [4.78, 5) is 0. The van der Waals surface area contributed by atoms with Crippen molar-refractivity contribution in [3.05, 3.63) is 0 Å². The van der Waals surface area contributed by atoms with Crippen molar-refractivity contribution in [3.63, 3.8) is 0 Å². The fourth-order valence-electron chi connectivity index (χ4n) is 13.2. The Kier molecular flexibility index (Phi) is 13.5. The van der Waals surface area contributed by atoms with Gasteiger partial charge < -0.3 is 18.4 Å². The topological polar surface area (TPSA) is 47.9 Å². The Morgan fingerprint density at radius 2 is 0.984 bits per heavy atom. The molecule has 0 bridgehead atoms. The van der Waals surface area contributed by atoms with Crippen molar-refractivity contribution >= 4 is 25.0 Å². The van der Waals surface area contributed by atoms with E-state index in [1.165, 1.54) is 0 Å². The van der Waals surface area contributed by atoms with Crippen LogP contribution in [0.3, 0.4) is 0 Å². The summed E-state index contributed by atoms with van der Waals surface area (Å²) < 4.78 is 116. The summed E-state index contributed by atoms with van der Waals surface area (Å²) in [5.74, 6) is 7.47. The Balaban J connectivity index is 0.000000402. The Morgan fingerprint density at radius 1 is 0.594 bits per heavy atom. The van der Waals surface area contributed by atoms with Gasteiger partial charge in [0.1, 0.15) is 0 Å². The van der Waals surface area contributed by atoms with Gasteiger partial charge in [-0.1, -0.05) is 94.9 Å². The van der Waals surface area contributed by atoms with E-state index in [1.807, 2.05) is 19.6 Å². The molecule has 4 nitrogen and oxygen atoms in total. The lowest BCUT2D eigenvalue weighted by molar-refractivity contribution is -0.0446. The Labute approximate surface area is 420 Å². The van der Waals surface area contributed by atoms with Gasteiger partial charge in [-0.15, -0.1) is 24.7 Å². The minimum atomic E-state index is -2.98. The van der Waals surface area contributed by atoms with Crippen LogP contribution in [0.2, 0.25) is 55.9 Å². The highest BCUT2D eigenvalue weighted by atomic mass is 28.4. The molecule has 4 aliphatic carbocycles. The highest BCUT2D eigenvalue weighted by molar-refractivity contribution is 6.74. The van der Waals surface area contributed by atoms with Crippen LogP contribution in [0.25, 0.3) is 0 Å². The average Bonchev–Trinajstić information content (AvgIpc) is 3.76. The van der Waals surface area contributed by atoms with E-state index in [9.17, 15) is 5.11 Å². The molecule has 0 aromatic rings. The van der Waals surface area contributed by atoms with Crippen molar-refractivity contribution in [1.82, 2.24) is 0 Å². The highest BCUT2D eigenvalue weighted by Crippen LogP contribution is 2.65. The van der Waals surface area contributed by atoms with Gasteiger partial charge in [0.05, 0.1) is 11.2 Å². The molecule has 0 aromatic carbocycles. The molecule has 10 atom stereocenters. The molecule has 4 fully saturated rings. The predicted molar refractivity (Wildman–Crippen MR) is 286 cm³/mol. The quantitative estimate of drug-likeness (QED) is 0.110. The minimum Gasteiger partial charge on any atom is -0.414 e. The predicted octanol–water partition coefficient (Wildman–Crippen LogP) is 17.0. The fraction of sp³-hybridized carbons (Fsp3) is 0.930. The molecule has 0 saturated heterocycles. The van der Waals surface area contributed by atoms with Crippen molar-refractivity contribution < 1.29 is 34.8 Å². The highest BCUT2D eigenvalue weighted by Gasteiger charge is 2.59. The van der Waals surface area contributed by atoms with Gasteiger partial charge >= 0.3 is 0 Å². The maximum Gasteiger partial charge on any atom is 0.192 e. The summed E-state index contributed by atoms with van der Waals surface area (Å²) in [5, 5.41) is 11.1. The molecule has 0 heterocycles. The lowest BCUT2D eigenvalue weighted by atomic mass is 9.56. The summed E-state index contributed by atoms with van der Waals surface area (Å²) in [6.07, 6.45) is 26.2. The van der Waals surface area contributed by atoms with Crippen LogP contribution in [0.1, 0.15) is 229 Å². The first-order valence-corrected chi connectivity index (χ1v) is 34.7. The molecule has 0 aromatic heterocycles. The third-order valence-electron chi connectivity index (χ3n) is 18.4. The van der Waals surface area contributed by atoms with E-state index < -0.39 is 63.6 Å². The zero-order valence-corrected chi connectivity index (χ0v) is 47.5. The smallest absolute Gasteiger partial charge is 0.192 e. The number of hydrogen-bond donors (Lipinski definition) is 1. The molecule has 2 unspecified atom stereocenters. The summed E-state index contributed by atoms with van der Waals surface area (Å²) >= 11 is 0. The van der Waals surface area contributed by atoms with Crippen LogP contribution in [0.15, 0.2) is 0 Å². The third-order valence-corrected chi connectivity index (χ3v) is 28.3. The number of fused-ring (bicyclic) bond motifs is 2. The van der Waals surface area contributed by atoms with E-state index in [2.05, 4.69) is 107 Å². The van der Waals surface area contributed by atoms with Gasteiger partial charge in [-0.05, 0) is 206 Å². The molecule has 7 heteroatoms. The molecule has 64 heavy (non-hydrogen) atoms. The summed E-state index contributed by atoms with van der Waals surface area (Å²) in [6.45, 7) is 26.4. The van der Waals surface area contributed by atoms with Crippen LogP contribution in [0, 0.1) is 70.0 Å². The van der Waals surface area contributed by atoms with Gasteiger partial charge in [0.2, 0.25) is 0 Å². The molecule has 1 N–H and O–H groups in total. The maximum atomic E-state index is 10.7. The van der Waals surface area contributed by atoms with E-state index in [0.717, 1.165) is 64.2 Å². The first kappa shape index (κ1) is 41.4. The van der Waals surface area contributed by atoms with Crippen LogP contribution >= 0.6 is 0 Å². The van der Waals surface area contributed by atoms with E-state index >= 15 is 0 Å². The second-order valence-electron chi connectivity index (χ2n) is 26.8. The van der Waals surface area contributed by atoms with E-state index in [0.29, 0.717) is 62.2 Å². The van der Waals surface area contributed by atoms with Crippen molar-refractivity contribution in [2.24, 2.45) is 45.3 Å². The van der Waals surface area contributed by atoms with Crippen LogP contribution in [0.5, 0.6) is 0 Å². The summed E-state index contributed by atoms with van der Waals surface area (Å²) in [6, 6.07) is 0. The van der Waals surface area contributed by atoms with E-state index in [-0.39, 0.29) is 56.8 Å². The van der Waals surface area contributed by atoms with Crippen LogP contribution in [-0.2, 0) is 13.3 Å². The van der Waals surface area contributed by atoms with Crippen LogP contribution in [-0.4, -0.2) is 53.5 Å². The Hall–Kier alpha value is -0.389. The Bertz CT molecular complexity index is 1970. The second kappa shape index (κ2) is 20.9. The first-order chi connectivity index (χ1) is 33.8. The third kappa shape index (κ3) is 14.3. The standard InChI is InChI=1S/C30H58O2Si2.C27H50O2Si/c1-14-20-29(7,22-16-21-28(5,6)32-33(9,10)11)26-19-18-24-25(17-15-23-30(24,26)8)31-34(12,13)27(2,3)4;1-11-17-26(7,19-13-18-25(5,6)28)23-16-15-21-22(14-12-20-27(21,23)8)29-30(9,10)24(2,3)4/h1,24-26H,15-23H2,2-13H3;1,21-23,28H,12-20H2,2-10H3/t24?,25-,26+,29-,30-;21?,22-,23+,26-,27-/m00/s1/i2*5D3,6D3. The van der Waals surface area contributed by atoms with Crippen LogP contribution in [0.4, 0.5) is 0 Å². The van der Waals surface area contributed by atoms with Gasteiger partial charge in [-0.3, -0.25) is 0 Å². The molecule has 0 spiro atoms. The van der Waals surface area contributed by atoms with Crippen molar-refractivity contribution in [1.29, 1.82) is 0 Å². The fourth-order valence-corrected chi connectivity index (χ4v) is 17.2. The van der Waals surface area contributed by atoms with Gasteiger partial charge in [0.15, 0.2) is 25.0 Å². The van der Waals surface area contributed by atoms with E-state index in [1.54, 1.807) is 0 Å². The molecule has 0 amide bonds. The Morgan fingerprint density at radius 3 is 1.31 bits per heavy atom. The SMILES string of the molecule is [2H]C([2H])([2H])C(CCC[C@](C)(CC#C)[C@H]1CCC2[C@@H](O[Si](C)(C)C(C)(C)C)CCC[C@@]21C)(O[Si](C)(C)C)C([2H])([2H])[2H].[2H]C([2H])([2H])C(O)(CCC[C@](C)(CC#C)[C@H]1CCC2[C@@H](O[Si](C)(C)C(C)(C)C)CCC[C@@]21C)C([2H])([2H])[2H]. The van der Waals surface area contributed by atoms with E-state index in [4.69, 9.17) is 42.6 Å². The molecule has 0 aliphatic heterocycles. The summed E-state index contributed by atoms with van der Waals surface area (Å²) in [5.41, 5.74) is -5.20. The van der Waals surface area contributed by atoms with Crippen molar-refractivity contribution in [2.75, 3.05) is 0 Å². The number of rotatable bonds is 18. The largest absolute Gasteiger partial charge is 0.414 e. The van der Waals surface area contributed by atoms with Gasteiger partial charge in [-0.2, -0.15) is 0 Å². The molecule has 4 saturated carbocycles. The number of terminal acetylenes is 2. The van der Waals surface area contributed by atoms with Crippen LogP contribution < -0.4 is 0 Å². The number of hydrogen-bond acceptors (Lipinski definition) is 4. The molecule has 4 aliphatic rings. The number of aliphatic hydroxyl groups is 1. The molecule has 372 valence electrons. The average molecular weight is 954 g/mol. The lowest BCUT2D eigenvalue weighted by Gasteiger charge is -2.52. The van der Waals surface area contributed by atoms with Gasteiger partial charge in [0, 0.05) is 41.5 Å². The molecule has 4 rings (SSSR count). The van der Waals surface area contributed by atoms with Gasteiger partial charge in [-0.25, -0.2) is 0 Å². The normalized spacial score (nSPS) is 34.9. The maximum absolute atomic E-state index is 10.7. The lowest BCUT2D eigenvalue weighted by Crippen LogP contribution is -2.51. The zero-order valence-electron chi connectivity index (χ0n) is 56.5. The molecular weight excluding hydrogens is 833 g/mol. The van der Waals surface area contributed by atoms with Crippen molar-refractivity contribution in [2.45, 2.75) is 292 Å². The zero-order chi connectivity index (χ0) is 59.2. The van der Waals surface area contributed by atoms with Crippen molar-refractivity contribution in [3.8, 4) is 24.7 Å². The first-order valence-electron chi connectivity index (χ1n) is 31.5. The minimum absolute atomic E-state index is 0.0333. The monoisotopic (exact) mass is 953 g/mol. The molecule has 0 radical (unpaired) electrons. The second-order valence-corrected chi connectivity index (χ2v) is 40.7. The summed E-state index contributed by atoms with van der Waals surface area (Å²) in [7, 11) is -6.32. The molecular formula is C57H108O4Si3.